The highest BCUT2D eigenvalue weighted by Crippen LogP contribution is 1.87. The maximum absolute atomic E-state index is 10.4. The van der Waals surface area contributed by atoms with Gasteiger partial charge < -0.3 is 10.2 Å². The molecule has 0 aliphatic heterocycles. The van der Waals surface area contributed by atoms with Crippen molar-refractivity contribution in [3.05, 3.63) is 0 Å². The molecular formula is C14H42N4O2. The molecule has 0 aromatic heterocycles. The van der Waals surface area contributed by atoms with Crippen molar-refractivity contribution >= 4 is 5.91 Å². The Morgan fingerprint density at radius 3 is 1.25 bits per heavy atom. The van der Waals surface area contributed by atoms with Gasteiger partial charge in [0.2, 0.25) is 5.91 Å². The minimum Gasteiger partial charge on any atom is -0.359 e. The molecule has 0 heterocycles. The summed E-state index contributed by atoms with van der Waals surface area (Å²) >= 11 is 0. The maximum Gasteiger partial charge on any atom is 0.222 e. The third-order valence-electron chi connectivity index (χ3n) is 1.38. The van der Waals surface area contributed by atoms with Crippen LogP contribution in [0, 0.1) is 5.92 Å². The van der Waals surface area contributed by atoms with E-state index in [4.69, 9.17) is 5.84 Å². The number of nitrogens with two attached hydrogens (primary N) is 2. The van der Waals surface area contributed by atoms with E-state index >= 15 is 0 Å². The summed E-state index contributed by atoms with van der Waals surface area (Å²) in [5.74, 6) is 9.81. The lowest BCUT2D eigenvalue weighted by molar-refractivity contribution is -0.123. The lowest BCUT2D eigenvalue weighted by Crippen LogP contribution is -2.29. The molecule has 6 N–H and O–H groups in total. The summed E-state index contributed by atoms with van der Waals surface area (Å²) in [5.41, 5.74) is 2.53. The Balaban J connectivity index is -0.0000000348. The molecular weight excluding hydrogens is 256 g/mol. The lowest BCUT2D eigenvalue weighted by atomic mass is 10.2. The van der Waals surface area contributed by atoms with Crippen LogP contribution in [0.15, 0.2) is 0 Å². The summed E-state index contributed by atoms with van der Waals surface area (Å²) in [4.78, 5) is 14.7. The third kappa shape index (κ3) is 53.1. The first kappa shape index (κ1) is 36.5. The van der Waals surface area contributed by atoms with Crippen LogP contribution in [0.3, 0.4) is 0 Å². The number of rotatable bonds is 3. The Bertz CT molecular complexity index is 155. The van der Waals surface area contributed by atoms with E-state index < -0.39 is 0 Å². The average Bonchev–Trinajstić information content (AvgIpc) is 2.29. The van der Waals surface area contributed by atoms with Crippen molar-refractivity contribution < 1.29 is 9.63 Å². The van der Waals surface area contributed by atoms with Crippen LogP contribution in [-0.4, -0.2) is 25.1 Å². The van der Waals surface area contributed by atoms with Crippen molar-refractivity contribution in [2.75, 3.05) is 7.05 Å². The molecule has 20 heavy (non-hydrogen) atoms. The molecule has 0 aliphatic carbocycles. The van der Waals surface area contributed by atoms with Gasteiger partial charge in [-0.2, -0.15) is 0 Å². The summed E-state index contributed by atoms with van der Waals surface area (Å²) < 4.78 is 0. The van der Waals surface area contributed by atoms with Gasteiger partial charge in [-0.1, -0.05) is 36.1 Å². The third-order valence-corrected chi connectivity index (χ3v) is 1.38. The first-order chi connectivity index (χ1) is 7.72. The van der Waals surface area contributed by atoms with E-state index in [1.54, 1.807) is 7.05 Å². The molecule has 0 fully saturated rings. The molecule has 0 aromatic rings. The van der Waals surface area contributed by atoms with Gasteiger partial charge in [-0.25, -0.2) is 5.90 Å². The summed E-state index contributed by atoms with van der Waals surface area (Å²) in [6.07, 6.45) is 0.162. The van der Waals surface area contributed by atoms with Gasteiger partial charge in [0.15, 0.2) is 0 Å². The molecule has 130 valence electrons. The fraction of sp³-hybridized carbons (Fsp3) is 0.929. The van der Waals surface area contributed by atoms with Gasteiger partial charge >= 0.3 is 0 Å². The van der Waals surface area contributed by atoms with Gasteiger partial charge in [0, 0.05) is 19.0 Å². The Hall–Kier alpha value is -0.690. The zero-order valence-corrected chi connectivity index (χ0v) is 12.2. The van der Waals surface area contributed by atoms with Crippen molar-refractivity contribution in [3.8, 4) is 0 Å². The topological polar surface area (TPSA) is 102 Å². The molecule has 0 saturated heterocycles. The predicted molar refractivity (Wildman–Crippen MR) is 92.0 cm³/mol. The first-order valence-corrected chi connectivity index (χ1v) is 5.76. The number of carbonyl (C=O) groups excluding carboxylic acids is 1. The van der Waals surface area contributed by atoms with E-state index in [0.29, 0.717) is 6.04 Å². The van der Waals surface area contributed by atoms with Gasteiger partial charge in [0.05, 0.1) is 6.10 Å². The minimum atomic E-state index is 0. The Kier molecular flexibility index (Phi) is 49.0. The van der Waals surface area contributed by atoms with Gasteiger partial charge in [-0.05, 0) is 27.7 Å². The maximum atomic E-state index is 10.4. The van der Waals surface area contributed by atoms with Gasteiger partial charge in [0.1, 0.15) is 0 Å². The molecule has 0 spiro atoms. The average molecular weight is 299 g/mol. The van der Waals surface area contributed by atoms with E-state index in [0.717, 1.165) is 0 Å². The van der Waals surface area contributed by atoms with Crippen molar-refractivity contribution in [3.63, 3.8) is 0 Å². The summed E-state index contributed by atoms with van der Waals surface area (Å²) in [7, 11) is 1.64. The second-order valence-electron chi connectivity index (χ2n) is 4.28. The van der Waals surface area contributed by atoms with Gasteiger partial charge in [0.25, 0.3) is 0 Å². The van der Waals surface area contributed by atoms with Crippen LogP contribution in [0.1, 0.15) is 63.8 Å². The van der Waals surface area contributed by atoms with Crippen LogP contribution in [0.4, 0.5) is 0 Å². The van der Waals surface area contributed by atoms with Crippen molar-refractivity contribution in [2.45, 2.75) is 76.0 Å². The van der Waals surface area contributed by atoms with Crippen LogP contribution in [-0.2, 0) is 9.63 Å². The zero-order valence-electron chi connectivity index (χ0n) is 12.2. The second-order valence-corrected chi connectivity index (χ2v) is 4.28. The van der Waals surface area contributed by atoms with E-state index in [1.165, 1.54) is 0 Å². The molecule has 0 saturated carbocycles. The number of hydrogen-bond donors (Lipinski definition) is 4. The summed E-state index contributed by atoms with van der Waals surface area (Å²) in [6.45, 7) is 11.4. The smallest absolute Gasteiger partial charge is 0.222 e. The molecule has 0 bridgehead atoms. The SMILES string of the molecule is C.C.C.CC(C)NN.CC(C)ON.CNC(=O)C(C)C. The molecule has 1 amide bonds. The monoisotopic (exact) mass is 298 g/mol. The summed E-state index contributed by atoms with van der Waals surface area (Å²) in [5, 5.41) is 2.53. The van der Waals surface area contributed by atoms with Crippen LogP contribution < -0.4 is 22.5 Å². The minimum absolute atomic E-state index is 0. The van der Waals surface area contributed by atoms with E-state index in [9.17, 15) is 4.79 Å². The molecule has 0 atom stereocenters. The highest BCUT2D eigenvalue weighted by molar-refractivity contribution is 5.77. The molecule has 0 rings (SSSR count). The van der Waals surface area contributed by atoms with Crippen molar-refractivity contribution in [2.24, 2.45) is 17.7 Å². The largest absolute Gasteiger partial charge is 0.359 e. The first-order valence-electron chi connectivity index (χ1n) is 5.76. The number of hydrogen-bond acceptors (Lipinski definition) is 5. The van der Waals surface area contributed by atoms with Crippen molar-refractivity contribution in [1.29, 1.82) is 0 Å². The summed E-state index contributed by atoms with van der Waals surface area (Å²) in [6, 6.07) is 0.412. The number of hydrazine groups is 1. The molecule has 0 aromatic carbocycles. The standard InChI is InChI=1S/C5H11NO.C3H10N2.C3H9NO.3CH4/c1-4(2)5(7)6-3;2*1-3(2)5-4;;;/h4H,1-3H3,(H,6,7);3,5H,4H2,1-2H3;3H,4H2,1-2H3;3*1H4. The van der Waals surface area contributed by atoms with Crippen LogP contribution in [0.2, 0.25) is 0 Å². The fourth-order valence-electron chi connectivity index (χ4n) is 0.289. The molecule has 0 radical (unpaired) electrons. The van der Waals surface area contributed by atoms with E-state index in [-0.39, 0.29) is 40.2 Å². The molecule has 6 heteroatoms. The van der Waals surface area contributed by atoms with Gasteiger partial charge in [-0.15, -0.1) is 0 Å². The van der Waals surface area contributed by atoms with Crippen molar-refractivity contribution in [1.82, 2.24) is 10.7 Å². The van der Waals surface area contributed by atoms with E-state index in [2.05, 4.69) is 21.5 Å². The zero-order chi connectivity index (χ0) is 14.4. The Morgan fingerprint density at radius 1 is 1.00 bits per heavy atom. The number of nitrogens with one attached hydrogen (secondary N) is 2. The number of carbonyl (C=O) groups is 1. The normalized spacial score (nSPS) is 8.00. The highest BCUT2D eigenvalue weighted by Gasteiger charge is 2.00. The second kappa shape index (κ2) is 26.8. The predicted octanol–water partition coefficient (Wildman–Crippen LogP) is 2.44. The van der Waals surface area contributed by atoms with Crippen LogP contribution in [0.25, 0.3) is 0 Å². The number of amides is 1. The molecule has 0 unspecified atom stereocenters. The van der Waals surface area contributed by atoms with Crippen LogP contribution in [0.5, 0.6) is 0 Å². The highest BCUT2D eigenvalue weighted by atomic mass is 16.6. The fourth-order valence-corrected chi connectivity index (χ4v) is 0.289. The van der Waals surface area contributed by atoms with Crippen LogP contribution >= 0.6 is 0 Å². The van der Waals surface area contributed by atoms with E-state index in [1.807, 2.05) is 41.5 Å². The molecule has 0 aliphatic rings. The van der Waals surface area contributed by atoms with Gasteiger partial charge in [-0.3, -0.25) is 16.1 Å². The quantitative estimate of drug-likeness (QED) is 0.473. The molecule has 6 nitrogen and oxygen atoms in total. The Labute approximate surface area is 127 Å². The lowest BCUT2D eigenvalue weighted by Gasteiger charge is -1.98. The Morgan fingerprint density at radius 2 is 1.25 bits per heavy atom.